The number of ether oxygens (including phenoxy) is 4. The molecule has 1 unspecified atom stereocenters. The van der Waals surface area contributed by atoms with Crippen molar-refractivity contribution in [2.45, 2.75) is 51.9 Å². The average Bonchev–Trinajstić information content (AvgIpc) is 3.16. The van der Waals surface area contributed by atoms with Crippen molar-refractivity contribution in [3.63, 3.8) is 0 Å². The van der Waals surface area contributed by atoms with Gasteiger partial charge in [0.15, 0.2) is 11.5 Å². The van der Waals surface area contributed by atoms with Gasteiger partial charge in [0.25, 0.3) is 0 Å². The van der Waals surface area contributed by atoms with Crippen LogP contribution in [0.2, 0.25) is 0 Å². The molecule has 1 saturated heterocycles. The molecule has 2 aliphatic heterocycles. The van der Waals surface area contributed by atoms with Crippen LogP contribution in [0.4, 0.5) is 0 Å². The third kappa shape index (κ3) is 4.49. The highest BCUT2D eigenvalue weighted by molar-refractivity contribution is 5.43. The van der Waals surface area contributed by atoms with Gasteiger partial charge in [-0.25, -0.2) is 0 Å². The Balaban J connectivity index is 1.38. The van der Waals surface area contributed by atoms with Gasteiger partial charge in [-0.1, -0.05) is 17.7 Å². The number of epoxide rings is 1. The first-order chi connectivity index (χ1) is 11.0. The number of hydrogen-bond acceptors (Lipinski definition) is 4. The van der Waals surface area contributed by atoms with E-state index in [9.17, 15) is 0 Å². The lowest BCUT2D eigenvalue weighted by Gasteiger charge is -2.18. The SMILES string of the molecule is CC(=CCOCc1ccc2c(c1)OCCO2)CCC1OC1(C)C. The van der Waals surface area contributed by atoms with Crippen molar-refractivity contribution in [3.8, 4) is 11.5 Å². The Hall–Kier alpha value is -1.52. The van der Waals surface area contributed by atoms with Crippen LogP contribution in [-0.2, 0) is 16.1 Å². The van der Waals surface area contributed by atoms with Gasteiger partial charge >= 0.3 is 0 Å². The highest BCUT2D eigenvalue weighted by Gasteiger charge is 2.46. The minimum absolute atomic E-state index is 0.0923. The van der Waals surface area contributed by atoms with Crippen LogP contribution in [0.5, 0.6) is 11.5 Å². The van der Waals surface area contributed by atoms with Crippen LogP contribution in [0.1, 0.15) is 39.2 Å². The molecule has 0 bridgehead atoms. The van der Waals surface area contributed by atoms with Crippen LogP contribution in [0, 0.1) is 0 Å². The van der Waals surface area contributed by atoms with Crippen molar-refractivity contribution in [2.75, 3.05) is 19.8 Å². The predicted molar refractivity (Wildman–Crippen MR) is 89.0 cm³/mol. The van der Waals surface area contributed by atoms with E-state index >= 15 is 0 Å². The lowest BCUT2D eigenvalue weighted by Crippen LogP contribution is -2.15. The molecule has 2 aliphatic rings. The van der Waals surface area contributed by atoms with Crippen LogP contribution in [-0.4, -0.2) is 31.5 Å². The van der Waals surface area contributed by atoms with Gasteiger partial charge in [0.1, 0.15) is 13.2 Å². The zero-order valence-corrected chi connectivity index (χ0v) is 14.3. The Morgan fingerprint density at radius 1 is 1.26 bits per heavy atom. The molecule has 1 aromatic rings. The Kier molecular flexibility index (Phi) is 4.93. The summed E-state index contributed by atoms with van der Waals surface area (Å²) in [5.41, 5.74) is 2.56. The predicted octanol–water partition coefficient (Wildman–Crippen LogP) is 3.88. The molecule has 4 heteroatoms. The van der Waals surface area contributed by atoms with E-state index in [0.717, 1.165) is 29.9 Å². The van der Waals surface area contributed by atoms with Crippen molar-refractivity contribution in [3.05, 3.63) is 35.4 Å². The Morgan fingerprint density at radius 2 is 2.00 bits per heavy atom. The summed E-state index contributed by atoms with van der Waals surface area (Å²) in [6.45, 7) is 8.90. The van der Waals surface area contributed by atoms with E-state index in [-0.39, 0.29) is 5.60 Å². The van der Waals surface area contributed by atoms with Crippen LogP contribution in [0.3, 0.4) is 0 Å². The minimum atomic E-state index is 0.0923. The van der Waals surface area contributed by atoms with E-state index in [0.29, 0.717) is 32.5 Å². The van der Waals surface area contributed by atoms with Crippen LogP contribution in [0.15, 0.2) is 29.8 Å². The highest BCUT2D eigenvalue weighted by atomic mass is 16.6. The Bertz CT molecular complexity index is 577. The first-order valence-corrected chi connectivity index (χ1v) is 8.34. The molecule has 0 spiro atoms. The van der Waals surface area contributed by atoms with Gasteiger partial charge in [0.05, 0.1) is 24.9 Å². The minimum Gasteiger partial charge on any atom is -0.486 e. The summed E-state index contributed by atoms with van der Waals surface area (Å²) in [7, 11) is 0. The van der Waals surface area contributed by atoms with Crippen molar-refractivity contribution >= 4 is 0 Å². The third-order valence-corrected chi connectivity index (χ3v) is 4.39. The smallest absolute Gasteiger partial charge is 0.161 e. The largest absolute Gasteiger partial charge is 0.486 e. The Labute approximate surface area is 138 Å². The van der Waals surface area contributed by atoms with Gasteiger partial charge in [-0.05, 0) is 51.3 Å². The van der Waals surface area contributed by atoms with E-state index < -0.39 is 0 Å². The number of fused-ring (bicyclic) bond motifs is 1. The Morgan fingerprint density at radius 3 is 2.74 bits per heavy atom. The summed E-state index contributed by atoms with van der Waals surface area (Å²) < 4.78 is 22.4. The topological polar surface area (TPSA) is 40.2 Å². The fraction of sp³-hybridized carbons (Fsp3) is 0.579. The maximum Gasteiger partial charge on any atom is 0.161 e. The summed E-state index contributed by atoms with van der Waals surface area (Å²) in [4.78, 5) is 0. The summed E-state index contributed by atoms with van der Waals surface area (Å²) in [5.74, 6) is 1.64. The molecule has 0 radical (unpaired) electrons. The van der Waals surface area contributed by atoms with Crippen molar-refractivity contribution < 1.29 is 18.9 Å². The lowest BCUT2D eigenvalue weighted by molar-refractivity contribution is 0.146. The van der Waals surface area contributed by atoms with E-state index in [1.165, 1.54) is 5.57 Å². The lowest BCUT2D eigenvalue weighted by atomic mass is 10.0. The van der Waals surface area contributed by atoms with Crippen LogP contribution in [0.25, 0.3) is 0 Å². The molecule has 2 heterocycles. The van der Waals surface area contributed by atoms with Gasteiger partial charge in [0.2, 0.25) is 0 Å². The zero-order chi connectivity index (χ0) is 16.3. The van der Waals surface area contributed by atoms with Gasteiger partial charge in [-0.2, -0.15) is 0 Å². The standard InChI is InChI=1S/C19H26O4/c1-14(4-7-18-19(2,3)23-18)8-9-20-13-15-5-6-16-17(12-15)22-11-10-21-16/h5-6,8,12,18H,4,7,9-11,13H2,1-3H3. The second-order valence-corrected chi connectivity index (χ2v) is 6.79. The molecule has 0 aliphatic carbocycles. The zero-order valence-electron chi connectivity index (χ0n) is 14.3. The van der Waals surface area contributed by atoms with Gasteiger partial charge < -0.3 is 18.9 Å². The quantitative estimate of drug-likeness (QED) is 0.434. The average molecular weight is 318 g/mol. The van der Waals surface area contributed by atoms with E-state index in [1.54, 1.807) is 0 Å². The van der Waals surface area contributed by atoms with E-state index in [2.05, 4.69) is 26.8 Å². The molecule has 1 atom stereocenters. The maximum absolute atomic E-state index is 5.74. The first-order valence-electron chi connectivity index (χ1n) is 8.34. The van der Waals surface area contributed by atoms with Crippen molar-refractivity contribution in [2.24, 2.45) is 0 Å². The molecule has 0 saturated carbocycles. The maximum atomic E-state index is 5.74. The molecule has 3 rings (SSSR count). The van der Waals surface area contributed by atoms with Gasteiger partial charge in [0, 0.05) is 0 Å². The molecule has 4 nitrogen and oxygen atoms in total. The summed E-state index contributed by atoms with van der Waals surface area (Å²) in [5, 5.41) is 0. The summed E-state index contributed by atoms with van der Waals surface area (Å²) in [6, 6.07) is 5.97. The summed E-state index contributed by atoms with van der Waals surface area (Å²) >= 11 is 0. The molecular formula is C19H26O4. The highest BCUT2D eigenvalue weighted by Crippen LogP contribution is 2.38. The summed E-state index contributed by atoms with van der Waals surface area (Å²) in [6.07, 6.45) is 4.75. The van der Waals surface area contributed by atoms with Crippen molar-refractivity contribution in [1.82, 2.24) is 0 Å². The second-order valence-electron chi connectivity index (χ2n) is 6.79. The fourth-order valence-corrected chi connectivity index (χ4v) is 2.76. The molecule has 0 amide bonds. The monoisotopic (exact) mass is 318 g/mol. The van der Waals surface area contributed by atoms with E-state index in [4.69, 9.17) is 18.9 Å². The molecule has 0 N–H and O–H groups in total. The van der Waals surface area contributed by atoms with Crippen LogP contribution < -0.4 is 9.47 Å². The first kappa shape index (κ1) is 16.3. The number of allylic oxidation sites excluding steroid dienone is 1. The van der Waals surface area contributed by atoms with E-state index in [1.807, 2.05) is 18.2 Å². The molecular weight excluding hydrogens is 292 g/mol. The van der Waals surface area contributed by atoms with Crippen LogP contribution >= 0.6 is 0 Å². The van der Waals surface area contributed by atoms with Gasteiger partial charge in [-0.3, -0.25) is 0 Å². The molecule has 126 valence electrons. The number of rotatable bonds is 7. The molecule has 1 aromatic carbocycles. The molecule has 0 aromatic heterocycles. The number of benzene rings is 1. The number of hydrogen-bond donors (Lipinski definition) is 0. The van der Waals surface area contributed by atoms with Gasteiger partial charge in [-0.15, -0.1) is 0 Å². The second kappa shape index (κ2) is 6.93. The normalized spacial score (nSPS) is 22.0. The molecule has 1 fully saturated rings. The van der Waals surface area contributed by atoms with Crippen molar-refractivity contribution in [1.29, 1.82) is 0 Å². The molecule has 23 heavy (non-hydrogen) atoms. The fourth-order valence-electron chi connectivity index (χ4n) is 2.76. The third-order valence-electron chi connectivity index (χ3n) is 4.39.